The van der Waals surface area contributed by atoms with Crippen molar-refractivity contribution < 1.29 is 0 Å². The summed E-state index contributed by atoms with van der Waals surface area (Å²) in [5.41, 5.74) is 1.20. The average Bonchev–Trinajstić information content (AvgIpc) is 2.75. The third-order valence-corrected chi connectivity index (χ3v) is 6.55. The van der Waals surface area contributed by atoms with Gasteiger partial charge in [0.25, 0.3) is 0 Å². The molecule has 0 aliphatic carbocycles. The summed E-state index contributed by atoms with van der Waals surface area (Å²) < 4.78 is 1.89. The zero-order valence-corrected chi connectivity index (χ0v) is 13.1. The summed E-state index contributed by atoms with van der Waals surface area (Å²) in [6, 6.07) is 2.67. The third-order valence-electron chi connectivity index (χ3n) is 3.30. The van der Waals surface area contributed by atoms with E-state index in [1.54, 1.807) is 0 Å². The number of nitrogens with one attached hydrogen (secondary N) is 1. The van der Waals surface area contributed by atoms with Crippen molar-refractivity contribution in [3.05, 3.63) is 18.0 Å². The smallest absolute Gasteiger partial charge is 0.0640 e. The maximum Gasteiger partial charge on any atom is 0.0640 e. The molecule has 3 nitrogen and oxygen atoms in total. The number of hydrogen-bond donors (Lipinski definition) is 1. The van der Waals surface area contributed by atoms with Crippen LogP contribution < -0.4 is 5.32 Å². The minimum Gasteiger partial charge on any atom is -0.313 e. The normalized spacial score (nSPS) is 26.2. The zero-order chi connectivity index (χ0) is 13.0. The van der Waals surface area contributed by atoms with E-state index in [-0.39, 0.29) is 0 Å². The third kappa shape index (κ3) is 3.68. The Bertz CT molecular complexity index is 367. The minimum absolute atomic E-state index is 0.540. The van der Waals surface area contributed by atoms with E-state index in [1.165, 1.54) is 17.2 Å². The van der Waals surface area contributed by atoms with Gasteiger partial charge in [-0.3, -0.25) is 4.68 Å². The van der Waals surface area contributed by atoms with Crippen LogP contribution in [0.1, 0.15) is 19.5 Å². The molecule has 1 aliphatic rings. The molecule has 3 unspecified atom stereocenters. The van der Waals surface area contributed by atoms with Crippen molar-refractivity contribution >= 4 is 23.5 Å². The molecule has 2 heterocycles. The first-order valence-corrected chi connectivity index (χ1v) is 8.75. The maximum absolute atomic E-state index is 4.51. The number of nitrogens with zero attached hydrogens (tertiary/aromatic N) is 2. The molecule has 1 fully saturated rings. The van der Waals surface area contributed by atoms with Crippen molar-refractivity contribution in [3.8, 4) is 0 Å². The number of hydrogen-bond acceptors (Lipinski definition) is 4. The van der Waals surface area contributed by atoms with Crippen LogP contribution in [0.25, 0.3) is 0 Å². The Morgan fingerprint density at radius 1 is 1.50 bits per heavy atom. The lowest BCUT2D eigenvalue weighted by Gasteiger charge is -2.34. The molecule has 0 saturated carbocycles. The Morgan fingerprint density at radius 3 is 2.89 bits per heavy atom. The molecule has 1 aliphatic heterocycles. The van der Waals surface area contributed by atoms with Gasteiger partial charge >= 0.3 is 0 Å². The first-order chi connectivity index (χ1) is 8.70. The molecule has 1 aromatic rings. The lowest BCUT2D eigenvalue weighted by molar-refractivity contribution is 0.494. The van der Waals surface area contributed by atoms with Gasteiger partial charge in [0.05, 0.1) is 5.69 Å². The van der Waals surface area contributed by atoms with Crippen molar-refractivity contribution in [2.75, 3.05) is 18.1 Å². The Hall–Kier alpha value is -0.130. The molecule has 2 rings (SSSR count). The number of aryl methyl sites for hydroxylation is 1. The Kier molecular flexibility index (Phi) is 5.45. The molecule has 1 N–H and O–H groups in total. The summed E-state index contributed by atoms with van der Waals surface area (Å²) in [5.74, 6) is 2.58. The van der Waals surface area contributed by atoms with Crippen LogP contribution in [0, 0.1) is 0 Å². The van der Waals surface area contributed by atoms with Gasteiger partial charge in [0.15, 0.2) is 0 Å². The molecule has 3 atom stereocenters. The highest BCUT2D eigenvalue weighted by Gasteiger charge is 2.30. The monoisotopic (exact) mass is 285 g/mol. The van der Waals surface area contributed by atoms with Crippen LogP contribution >= 0.6 is 23.5 Å². The zero-order valence-electron chi connectivity index (χ0n) is 11.4. The summed E-state index contributed by atoms with van der Waals surface area (Å²) in [5, 5.41) is 9.60. The fourth-order valence-corrected chi connectivity index (χ4v) is 5.42. The van der Waals surface area contributed by atoms with E-state index in [9.17, 15) is 0 Å². The van der Waals surface area contributed by atoms with E-state index < -0.39 is 0 Å². The van der Waals surface area contributed by atoms with E-state index in [2.05, 4.69) is 53.9 Å². The summed E-state index contributed by atoms with van der Waals surface area (Å²) >= 11 is 4.24. The molecular weight excluding hydrogens is 262 g/mol. The lowest BCUT2D eigenvalue weighted by Crippen LogP contribution is -2.45. The van der Waals surface area contributed by atoms with Crippen molar-refractivity contribution in [3.63, 3.8) is 0 Å². The van der Waals surface area contributed by atoms with E-state index in [0.717, 1.165) is 18.2 Å². The van der Waals surface area contributed by atoms with Gasteiger partial charge < -0.3 is 5.32 Å². The molecule has 0 radical (unpaired) electrons. The van der Waals surface area contributed by atoms with Crippen LogP contribution in [-0.4, -0.2) is 44.4 Å². The van der Waals surface area contributed by atoms with Crippen molar-refractivity contribution in [1.82, 2.24) is 15.1 Å². The SMILES string of the molecule is CCNC(Cc1ccn(C)n1)C1SCCSC1C. The van der Waals surface area contributed by atoms with Crippen molar-refractivity contribution in [1.29, 1.82) is 0 Å². The predicted molar refractivity (Wildman–Crippen MR) is 82.5 cm³/mol. The van der Waals surface area contributed by atoms with Crippen molar-refractivity contribution in [2.24, 2.45) is 7.05 Å². The van der Waals surface area contributed by atoms with E-state index in [0.29, 0.717) is 11.3 Å². The van der Waals surface area contributed by atoms with Gasteiger partial charge in [0, 0.05) is 47.7 Å². The molecule has 0 spiro atoms. The van der Waals surface area contributed by atoms with Gasteiger partial charge in [-0.05, 0) is 12.6 Å². The van der Waals surface area contributed by atoms with Crippen LogP contribution in [-0.2, 0) is 13.5 Å². The van der Waals surface area contributed by atoms with E-state index in [1.807, 2.05) is 17.9 Å². The molecule has 18 heavy (non-hydrogen) atoms. The highest BCUT2D eigenvalue weighted by molar-refractivity contribution is 8.07. The van der Waals surface area contributed by atoms with Gasteiger partial charge in [-0.25, -0.2) is 0 Å². The molecule has 0 bridgehead atoms. The van der Waals surface area contributed by atoms with Crippen molar-refractivity contribution in [2.45, 2.75) is 36.8 Å². The molecule has 0 amide bonds. The van der Waals surface area contributed by atoms with Gasteiger partial charge in [0.2, 0.25) is 0 Å². The Labute approximate surface area is 118 Å². The number of likely N-dealkylation sites (N-methyl/N-ethyl adjacent to an activating group) is 1. The fourth-order valence-electron chi connectivity index (χ4n) is 2.46. The van der Waals surface area contributed by atoms with E-state index in [4.69, 9.17) is 0 Å². The number of thioether (sulfide) groups is 2. The quantitative estimate of drug-likeness (QED) is 0.898. The van der Waals surface area contributed by atoms with Crippen LogP contribution in [0.4, 0.5) is 0 Å². The van der Waals surface area contributed by atoms with Crippen LogP contribution in [0.2, 0.25) is 0 Å². The van der Waals surface area contributed by atoms with Crippen LogP contribution in [0.15, 0.2) is 12.3 Å². The molecule has 5 heteroatoms. The molecule has 102 valence electrons. The summed E-state index contributed by atoms with van der Waals surface area (Å²) in [6.07, 6.45) is 3.07. The highest BCUT2D eigenvalue weighted by Crippen LogP contribution is 2.33. The van der Waals surface area contributed by atoms with Gasteiger partial charge in [-0.2, -0.15) is 28.6 Å². The van der Waals surface area contributed by atoms with Gasteiger partial charge in [-0.15, -0.1) is 0 Å². The summed E-state index contributed by atoms with van der Waals surface area (Å²) in [7, 11) is 1.99. The second-order valence-electron chi connectivity index (χ2n) is 4.76. The van der Waals surface area contributed by atoms with Crippen LogP contribution in [0.3, 0.4) is 0 Å². The summed E-state index contributed by atoms with van der Waals surface area (Å²) in [6.45, 7) is 5.59. The number of aromatic nitrogens is 2. The second-order valence-corrected chi connectivity index (χ2v) is 7.53. The lowest BCUT2D eigenvalue weighted by atomic mass is 10.1. The predicted octanol–water partition coefficient (Wildman–Crippen LogP) is 2.18. The second kappa shape index (κ2) is 6.87. The minimum atomic E-state index is 0.540. The topological polar surface area (TPSA) is 29.9 Å². The molecular formula is C13H23N3S2. The van der Waals surface area contributed by atoms with Gasteiger partial charge in [-0.1, -0.05) is 13.8 Å². The van der Waals surface area contributed by atoms with E-state index >= 15 is 0 Å². The Morgan fingerprint density at radius 2 is 2.28 bits per heavy atom. The fraction of sp³-hybridized carbons (Fsp3) is 0.769. The largest absolute Gasteiger partial charge is 0.313 e. The van der Waals surface area contributed by atoms with Crippen LogP contribution in [0.5, 0.6) is 0 Å². The molecule has 1 saturated heterocycles. The van der Waals surface area contributed by atoms with Gasteiger partial charge in [0.1, 0.15) is 0 Å². The summed E-state index contributed by atoms with van der Waals surface area (Å²) in [4.78, 5) is 0. The number of rotatable bonds is 5. The molecule has 0 aromatic carbocycles. The standard InChI is InChI=1S/C13H23N3S2/c1-4-14-12(9-11-5-6-16(3)15-11)13-10(2)17-7-8-18-13/h5-6,10,12-14H,4,7-9H2,1-3H3. The first kappa shape index (κ1) is 14.3. The maximum atomic E-state index is 4.51. The first-order valence-electron chi connectivity index (χ1n) is 6.65. The molecule has 1 aromatic heterocycles. The Balaban J connectivity index is 2.02. The average molecular weight is 285 g/mol. The highest BCUT2D eigenvalue weighted by atomic mass is 32.2.